The highest BCUT2D eigenvalue weighted by Gasteiger charge is 2.32. The molecule has 4 rings (SSSR count). The molecule has 168 valence electrons. The first kappa shape index (κ1) is 22.0. The minimum atomic E-state index is -3.77. The van der Waals surface area contributed by atoms with Crippen molar-refractivity contribution in [2.45, 2.75) is 23.8 Å². The number of rotatable bonds is 6. The van der Waals surface area contributed by atoms with Crippen LogP contribution >= 0.6 is 0 Å². The third-order valence-electron chi connectivity index (χ3n) is 5.46. The van der Waals surface area contributed by atoms with E-state index in [9.17, 15) is 17.6 Å². The molecule has 1 aliphatic heterocycles. The van der Waals surface area contributed by atoms with E-state index in [1.54, 1.807) is 4.90 Å². The summed E-state index contributed by atoms with van der Waals surface area (Å²) in [5.41, 5.74) is 0.969. The molecule has 2 aromatic carbocycles. The fourth-order valence-electron chi connectivity index (χ4n) is 3.76. The standard InChI is InChI=1S/C21H23FN6O3S/c22-18-7-9-19(10-8-18)32(30,31)27-12-4-11-26(13-14-27)21(29)20(28-16-23-24-25-28)15-17-5-2-1-3-6-17/h1-3,5-10,16,20H,4,11-15H2. The lowest BCUT2D eigenvalue weighted by molar-refractivity contribution is -0.135. The van der Waals surface area contributed by atoms with E-state index in [2.05, 4.69) is 15.5 Å². The van der Waals surface area contributed by atoms with E-state index in [1.165, 1.54) is 27.4 Å². The van der Waals surface area contributed by atoms with Crippen molar-refractivity contribution in [1.29, 1.82) is 0 Å². The Bertz CT molecular complexity index is 1140. The Kier molecular flexibility index (Phi) is 6.56. The first-order valence-corrected chi connectivity index (χ1v) is 11.7. The summed E-state index contributed by atoms with van der Waals surface area (Å²) in [5, 5.41) is 11.2. The summed E-state index contributed by atoms with van der Waals surface area (Å²) >= 11 is 0. The number of hydrogen-bond acceptors (Lipinski definition) is 6. The molecule has 2 heterocycles. The number of halogens is 1. The molecule has 1 unspecified atom stereocenters. The lowest BCUT2D eigenvalue weighted by Crippen LogP contribution is -2.41. The summed E-state index contributed by atoms with van der Waals surface area (Å²) in [7, 11) is -3.77. The number of amides is 1. The molecule has 32 heavy (non-hydrogen) atoms. The van der Waals surface area contributed by atoms with Gasteiger partial charge in [0.15, 0.2) is 0 Å². The molecule has 1 aromatic heterocycles. The third kappa shape index (κ3) is 4.83. The SMILES string of the molecule is O=C(C(Cc1ccccc1)n1cnnn1)N1CCCN(S(=O)(=O)c2ccc(F)cc2)CC1. The number of carbonyl (C=O) groups is 1. The summed E-state index contributed by atoms with van der Waals surface area (Å²) in [6.07, 6.45) is 2.31. The summed E-state index contributed by atoms with van der Waals surface area (Å²) in [6, 6.07) is 13.7. The van der Waals surface area contributed by atoms with E-state index in [1.807, 2.05) is 30.3 Å². The summed E-state index contributed by atoms with van der Waals surface area (Å²) < 4.78 is 41.9. The molecule has 0 aliphatic carbocycles. The number of nitrogens with zero attached hydrogens (tertiary/aromatic N) is 6. The highest BCUT2D eigenvalue weighted by Crippen LogP contribution is 2.21. The summed E-state index contributed by atoms with van der Waals surface area (Å²) in [6.45, 7) is 1.09. The number of aromatic nitrogens is 4. The Morgan fingerprint density at radius 1 is 1.00 bits per heavy atom. The van der Waals surface area contributed by atoms with Gasteiger partial charge >= 0.3 is 0 Å². The zero-order valence-electron chi connectivity index (χ0n) is 17.3. The first-order chi connectivity index (χ1) is 15.4. The Morgan fingerprint density at radius 2 is 1.75 bits per heavy atom. The van der Waals surface area contributed by atoms with Gasteiger partial charge in [-0.1, -0.05) is 30.3 Å². The van der Waals surface area contributed by atoms with Crippen molar-refractivity contribution in [1.82, 2.24) is 29.4 Å². The van der Waals surface area contributed by atoms with Gasteiger partial charge in [0.05, 0.1) is 4.90 Å². The second kappa shape index (κ2) is 9.53. The topological polar surface area (TPSA) is 101 Å². The van der Waals surface area contributed by atoms with Crippen molar-refractivity contribution in [2.75, 3.05) is 26.2 Å². The van der Waals surface area contributed by atoms with Gasteiger partial charge in [-0.2, -0.15) is 4.31 Å². The lowest BCUT2D eigenvalue weighted by atomic mass is 10.0. The van der Waals surface area contributed by atoms with Gasteiger partial charge < -0.3 is 4.90 Å². The fraction of sp³-hybridized carbons (Fsp3) is 0.333. The molecule has 3 aromatic rings. The van der Waals surface area contributed by atoms with Crippen molar-refractivity contribution in [3.63, 3.8) is 0 Å². The molecule has 0 saturated carbocycles. The molecule has 0 radical (unpaired) electrons. The van der Waals surface area contributed by atoms with Crippen LogP contribution in [0.4, 0.5) is 4.39 Å². The molecule has 11 heteroatoms. The second-order valence-corrected chi connectivity index (χ2v) is 9.47. The maximum atomic E-state index is 13.4. The van der Waals surface area contributed by atoms with E-state index >= 15 is 0 Å². The molecule has 0 bridgehead atoms. The van der Waals surface area contributed by atoms with Crippen LogP contribution in [0.2, 0.25) is 0 Å². The largest absolute Gasteiger partial charge is 0.339 e. The lowest BCUT2D eigenvalue weighted by Gasteiger charge is -2.26. The van der Waals surface area contributed by atoms with Crippen molar-refractivity contribution in [3.05, 3.63) is 72.3 Å². The van der Waals surface area contributed by atoms with Crippen LogP contribution in [0.15, 0.2) is 65.8 Å². The van der Waals surface area contributed by atoms with Gasteiger partial charge in [0.2, 0.25) is 15.9 Å². The zero-order chi connectivity index (χ0) is 22.6. The first-order valence-electron chi connectivity index (χ1n) is 10.3. The number of benzene rings is 2. The Hall–Kier alpha value is -3.18. The van der Waals surface area contributed by atoms with E-state index in [-0.39, 0.29) is 30.4 Å². The molecule has 1 fully saturated rings. The second-order valence-electron chi connectivity index (χ2n) is 7.53. The number of hydrogen-bond donors (Lipinski definition) is 0. The summed E-state index contributed by atoms with van der Waals surface area (Å²) in [4.78, 5) is 15.1. The number of carbonyl (C=O) groups excluding carboxylic acids is 1. The van der Waals surface area contributed by atoms with Crippen LogP contribution in [-0.2, 0) is 21.2 Å². The van der Waals surface area contributed by atoms with Gasteiger partial charge in [0.1, 0.15) is 18.2 Å². The minimum absolute atomic E-state index is 0.0364. The predicted molar refractivity (Wildman–Crippen MR) is 113 cm³/mol. The average molecular weight is 459 g/mol. The Morgan fingerprint density at radius 3 is 2.44 bits per heavy atom. The summed E-state index contributed by atoms with van der Waals surface area (Å²) in [5.74, 6) is -0.661. The van der Waals surface area contributed by atoms with Crippen molar-refractivity contribution in [3.8, 4) is 0 Å². The van der Waals surface area contributed by atoms with E-state index < -0.39 is 21.9 Å². The van der Waals surface area contributed by atoms with Crippen LogP contribution in [-0.4, -0.2) is 69.9 Å². The molecule has 1 atom stereocenters. The quantitative estimate of drug-likeness (QED) is 0.555. The highest BCUT2D eigenvalue weighted by atomic mass is 32.2. The van der Waals surface area contributed by atoms with Crippen LogP contribution in [0.3, 0.4) is 0 Å². The van der Waals surface area contributed by atoms with Gasteiger partial charge in [0, 0.05) is 32.6 Å². The smallest absolute Gasteiger partial charge is 0.247 e. The molecule has 0 N–H and O–H groups in total. The predicted octanol–water partition coefficient (Wildman–Crippen LogP) is 1.52. The highest BCUT2D eigenvalue weighted by molar-refractivity contribution is 7.89. The van der Waals surface area contributed by atoms with Gasteiger partial charge in [-0.05, 0) is 46.7 Å². The van der Waals surface area contributed by atoms with Crippen molar-refractivity contribution >= 4 is 15.9 Å². The third-order valence-corrected chi connectivity index (χ3v) is 7.37. The Balaban J connectivity index is 1.50. The molecule has 1 aliphatic rings. The molecular formula is C21H23FN6O3S. The molecule has 1 amide bonds. The van der Waals surface area contributed by atoms with Crippen molar-refractivity contribution < 1.29 is 17.6 Å². The minimum Gasteiger partial charge on any atom is -0.339 e. The average Bonchev–Trinajstić information content (AvgIpc) is 3.21. The zero-order valence-corrected chi connectivity index (χ0v) is 18.1. The van der Waals surface area contributed by atoms with Gasteiger partial charge in [-0.25, -0.2) is 17.5 Å². The molecule has 1 saturated heterocycles. The Labute approximate surface area is 185 Å². The monoisotopic (exact) mass is 458 g/mol. The van der Waals surface area contributed by atoms with Crippen molar-refractivity contribution in [2.24, 2.45) is 0 Å². The number of tetrazole rings is 1. The van der Waals surface area contributed by atoms with Crippen LogP contribution < -0.4 is 0 Å². The molecular weight excluding hydrogens is 435 g/mol. The maximum Gasteiger partial charge on any atom is 0.247 e. The van der Waals surface area contributed by atoms with Crippen LogP contribution in [0, 0.1) is 5.82 Å². The van der Waals surface area contributed by atoms with E-state index in [0.717, 1.165) is 17.7 Å². The maximum absolute atomic E-state index is 13.4. The molecule has 9 nitrogen and oxygen atoms in total. The molecule has 0 spiro atoms. The number of sulfonamides is 1. The normalized spacial score (nSPS) is 16.5. The fourth-order valence-corrected chi connectivity index (χ4v) is 5.23. The van der Waals surface area contributed by atoms with Crippen LogP contribution in [0.25, 0.3) is 0 Å². The van der Waals surface area contributed by atoms with Gasteiger partial charge in [-0.3, -0.25) is 4.79 Å². The van der Waals surface area contributed by atoms with Gasteiger partial charge in [0.25, 0.3) is 0 Å². The van der Waals surface area contributed by atoms with Crippen LogP contribution in [0.1, 0.15) is 18.0 Å². The van der Waals surface area contributed by atoms with E-state index in [4.69, 9.17) is 0 Å². The van der Waals surface area contributed by atoms with Gasteiger partial charge in [-0.15, -0.1) is 5.10 Å². The van der Waals surface area contributed by atoms with E-state index in [0.29, 0.717) is 19.4 Å². The van der Waals surface area contributed by atoms with Crippen LogP contribution in [0.5, 0.6) is 0 Å².